The molecule has 170 valence electrons. The molecule has 7 heteroatoms. The Morgan fingerprint density at radius 3 is 2.59 bits per heavy atom. The van der Waals surface area contributed by atoms with E-state index in [9.17, 15) is 9.18 Å². The average Bonchev–Trinajstić information content (AvgIpc) is 2.90. The minimum absolute atomic E-state index is 0.0293. The fraction of sp³-hybridized carbons (Fsp3) is 0.222. The molecule has 1 amide bonds. The summed E-state index contributed by atoms with van der Waals surface area (Å²) < 4.78 is 13.2. The Labute approximate surface area is 197 Å². The van der Waals surface area contributed by atoms with Crippen LogP contribution < -0.4 is 0 Å². The summed E-state index contributed by atoms with van der Waals surface area (Å²) in [4.78, 5) is 32.4. The Balaban J connectivity index is 1.30. The molecule has 1 aliphatic rings. The maximum absolute atomic E-state index is 13.3. The van der Waals surface area contributed by atoms with Gasteiger partial charge in [0.1, 0.15) is 12.1 Å². The number of hydrogen-bond acceptors (Lipinski definition) is 5. The molecule has 1 fully saturated rings. The largest absolute Gasteiger partial charge is 0.338 e. The number of rotatable bonds is 5. The molecule has 0 bridgehead atoms. The molecule has 0 radical (unpaired) electrons. The van der Waals surface area contributed by atoms with Crippen molar-refractivity contribution in [1.82, 2.24) is 24.8 Å². The molecule has 3 aromatic heterocycles. The Morgan fingerprint density at radius 2 is 1.76 bits per heavy atom. The van der Waals surface area contributed by atoms with Crippen molar-refractivity contribution in [2.75, 3.05) is 13.1 Å². The number of aromatic nitrogens is 4. The van der Waals surface area contributed by atoms with Crippen molar-refractivity contribution in [1.29, 1.82) is 0 Å². The van der Waals surface area contributed by atoms with Crippen molar-refractivity contribution < 1.29 is 9.18 Å². The number of halogens is 1. The van der Waals surface area contributed by atoms with E-state index >= 15 is 0 Å². The van der Waals surface area contributed by atoms with Gasteiger partial charge in [-0.25, -0.2) is 14.4 Å². The Bertz CT molecular complexity index is 1280. The third-order valence-electron chi connectivity index (χ3n) is 6.13. The quantitative estimate of drug-likeness (QED) is 0.439. The predicted octanol–water partition coefficient (Wildman–Crippen LogP) is 4.68. The van der Waals surface area contributed by atoms with E-state index in [-0.39, 0.29) is 17.6 Å². The van der Waals surface area contributed by atoms with Crippen LogP contribution >= 0.6 is 0 Å². The third kappa shape index (κ3) is 4.98. The standard InChI is InChI=1S/C27H24FN5O/c28-24-8-6-19(7-9-24)11-25-4-1-5-26(32-25)20-3-2-10-33(17-20)27(34)22-12-21(13-29-14-22)23-15-30-18-31-16-23/h1,4-9,12-16,18,20H,2-3,10-11,17H2/t20-/m0/s1. The second-order valence-corrected chi connectivity index (χ2v) is 8.54. The molecule has 0 aliphatic carbocycles. The number of likely N-dealkylation sites (tertiary alicyclic amines) is 1. The number of carbonyl (C=O) groups excluding carboxylic acids is 1. The number of benzene rings is 1. The monoisotopic (exact) mass is 453 g/mol. The molecule has 4 heterocycles. The highest BCUT2D eigenvalue weighted by atomic mass is 19.1. The van der Waals surface area contributed by atoms with Gasteiger partial charge in [0.25, 0.3) is 5.91 Å². The fourth-order valence-electron chi connectivity index (χ4n) is 4.38. The lowest BCUT2D eigenvalue weighted by Crippen LogP contribution is -2.39. The van der Waals surface area contributed by atoms with E-state index in [1.165, 1.54) is 18.5 Å². The molecule has 0 saturated carbocycles. The topological polar surface area (TPSA) is 71.9 Å². The maximum atomic E-state index is 13.3. The molecule has 34 heavy (non-hydrogen) atoms. The van der Waals surface area contributed by atoms with Gasteiger partial charge in [-0.2, -0.15) is 0 Å². The van der Waals surface area contributed by atoms with Crippen LogP contribution in [-0.4, -0.2) is 43.8 Å². The Morgan fingerprint density at radius 1 is 0.971 bits per heavy atom. The van der Waals surface area contributed by atoms with Crippen LogP contribution in [0.25, 0.3) is 11.1 Å². The zero-order chi connectivity index (χ0) is 23.3. The summed E-state index contributed by atoms with van der Waals surface area (Å²) in [6, 6.07) is 14.4. The number of pyridine rings is 2. The molecule has 5 rings (SSSR count). The van der Waals surface area contributed by atoms with E-state index in [0.29, 0.717) is 25.1 Å². The number of piperidine rings is 1. The predicted molar refractivity (Wildman–Crippen MR) is 127 cm³/mol. The second kappa shape index (κ2) is 9.87. The zero-order valence-corrected chi connectivity index (χ0v) is 18.6. The van der Waals surface area contributed by atoms with E-state index in [4.69, 9.17) is 4.98 Å². The van der Waals surface area contributed by atoms with Crippen molar-refractivity contribution in [2.45, 2.75) is 25.2 Å². The second-order valence-electron chi connectivity index (χ2n) is 8.54. The first-order chi connectivity index (χ1) is 16.7. The zero-order valence-electron chi connectivity index (χ0n) is 18.6. The van der Waals surface area contributed by atoms with Crippen LogP contribution in [0.15, 0.2) is 79.6 Å². The van der Waals surface area contributed by atoms with Crippen LogP contribution in [0.2, 0.25) is 0 Å². The summed E-state index contributed by atoms with van der Waals surface area (Å²) in [5.41, 5.74) is 5.14. The van der Waals surface area contributed by atoms with Crippen LogP contribution in [0, 0.1) is 5.82 Å². The van der Waals surface area contributed by atoms with Gasteiger partial charge in [0, 0.05) is 72.7 Å². The summed E-state index contributed by atoms with van der Waals surface area (Å²) in [7, 11) is 0. The molecule has 0 spiro atoms. The maximum Gasteiger partial charge on any atom is 0.255 e. The van der Waals surface area contributed by atoms with E-state index in [0.717, 1.165) is 40.9 Å². The highest BCUT2D eigenvalue weighted by Crippen LogP contribution is 2.28. The first-order valence-electron chi connectivity index (χ1n) is 11.4. The highest BCUT2D eigenvalue weighted by molar-refractivity contribution is 5.95. The van der Waals surface area contributed by atoms with E-state index in [1.807, 2.05) is 29.2 Å². The Hall–Kier alpha value is -4.00. The molecule has 1 aliphatic heterocycles. The summed E-state index contributed by atoms with van der Waals surface area (Å²) >= 11 is 0. The lowest BCUT2D eigenvalue weighted by molar-refractivity contribution is 0.0705. The lowest BCUT2D eigenvalue weighted by Gasteiger charge is -2.32. The SMILES string of the molecule is O=C(c1cncc(-c2cncnc2)c1)N1CCC[C@H](c2cccc(Cc3ccc(F)cc3)n2)C1. The normalized spacial score (nSPS) is 15.8. The summed E-state index contributed by atoms with van der Waals surface area (Å²) in [6.07, 6.45) is 10.8. The van der Waals surface area contributed by atoms with Gasteiger partial charge >= 0.3 is 0 Å². The van der Waals surface area contributed by atoms with Gasteiger partial charge < -0.3 is 4.90 Å². The molecule has 1 saturated heterocycles. The molecule has 6 nitrogen and oxygen atoms in total. The van der Waals surface area contributed by atoms with E-state index in [2.05, 4.69) is 15.0 Å². The molecular weight excluding hydrogens is 429 g/mol. The molecule has 1 atom stereocenters. The smallest absolute Gasteiger partial charge is 0.255 e. The van der Waals surface area contributed by atoms with Gasteiger partial charge in [-0.05, 0) is 48.7 Å². The highest BCUT2D eigenvalue weighted by Gasteiger charge is 2.27. The summed E-state index contributed by atoms with van der Waals surface area (Å²) in [6.45, 7) is 1.33. The summed E-state index contributed by atoms with van der Waals surface area (Å²) in [5, 5.41) is 0. The molecule has 1 aromatic carbocycles. The van der Waals surface area contributed by atoms with Gasteiger partial charge in [-0.1, -0.05) is 18.2 Å². The third-order valence-corrected chi connectivity index (χ3v) is 6.13. The first-order valence-corrected chi connectivity index (χ1v) is 11.4. The number of carbonyl (C=O) groups is 1. The van der Waals surface area contributed by atoms with Crippen LogP contribution in [-0.2, 0) is 6.42 Å². The van der Waals surface area contributed by atoms with E-state index in [1.54, 1.807) is 36.9 Å². The minimum atomic E-state index is -0.240. The van der Waals surface area contributed by atoms with Crippen LogP contribution in [0.4, 0.5) is 4.39 Å². The van der Waals surface area contributed by atoms with Crippen molar-refractivity contribution in [3.63, 3.8) is 0 Å². The van der Waals surface area contributed by atoms with Crippen molar-refractivity contribution in [3.8, 4) is 11.1 Å². The van der Waals surface area contributed by atoms with Gasteiger partial charge in [0.05, 0.1) is 5.56 Å². The fourth-order valence-corrected chi connectivity index (χ4v) is 4.38. The van der Waals surface area contributed by atoms with Gasteiger partial charge in [-0.3, -0.25) is 14.8 Å². The molecule has 4 aromatic rings. The van der Waals surface area contributed by atoms with Crippen LogP contribution in [0.3, 0.4) is 0 Å². The minimum Gasteiger partial charge on any atom is -0.338 e. The van der Waals surface area contributed by atoms with Crippen molar-refractivity contribution >= 4 is 5.91 Å². The molecule has 0 N–H and O–H groups in total. The average molecular weight is 454 g/mol. The first kappa shape index (κ1) is 21.8. The van der Waals surface area contributed by atoms with Gasteiger partial charge in [0.2, 0.25) is 0 Å². The Kier molecular flexibility index (Phi) is 6.33. The van der Waals surface area contributed by atoms with Crippen LogP contribution in [0.1, 0.15) is 46.1 Å². The summed E-state index contributed by atoms with van der Waals surface area (Å²) in [5.74, 6) is -0.0989. The molecule has 0 unspecified atom stereocenters. The van der Waals surface area contributed by atoms with Crippen molar-refractivity contribution in [3.05, 3.63) is 108 Å². The van der Waals surface area contributed by atoms with E-state index < -0.39 is 0 Å². The van der Waals surface area contributed by atoms with Gasteiger partial charge in [-0.15, -0.1) is 0 Å². The van der Waals surface area contributed by atoms with Crippen molar-refractivity contribution in [2.24, 2.45) is 0 Å². The lowest BCUT2D eigenvalue weighted by atomic mass is 9.93. The molecular formula is C27H24FN5O. The number of hydrogen-bond donors (Lipinski definition) is 0. The van der Waals surface area contributed by atoms with Crippen LogP contribution in [0.5, 0.6) is 0 Å². The number of amides is 1. The van der Waals surface area contributed by atoms with Gasteiger partial charge in [0.15, 0.2) is 0 Å². The number of nitrogens with zero attached hydrogens (tertiary/aromatic N) is 5.